The van der Waals surface area contributed by atoms with Crippen LogP contribution < -0.4 is 0 Å². The molecule has 68 valence electrons. The first-order valence-corrected chi connectivity index (χ1v) is 1.11. The third-order valence-electron chi connectivity index (χ3n) is 0.183. The summed E-state index contributed by atoms with van der Waals surface area (Å²) in [6.07, 6.45) is 0. The summed E-state index contributed by atoms with van der Waals surface area (Å²) in [5.74, 6) is -3.65. The van der Waals surface area contributed by atoms with Crippen molar-refractivity contribution < 1.29 is 87.2 Å². The molecule has 0 heterocycles. The zero-order valence-corrected chi connectivity index (χ0v) is 8.41. The van der Waals surface area contributed by atoms with E-state index in [1.165, 1.54) is 0 Å². The van der Waals surface area contributed by atoms with Gasteiger partial charge in [0.2, 0.25) is 0 Å². The fourth-order valence-electron chi connectivity index (χ4n) is 0. The molecule has 0 saturated heterocycles. The van der Waals surface area contributed by atoms with Crippen LogP contribution in [0.25, 0.3) is 0 Å². The van der Waals surface area contributed by atoms with Crippen molar-refractivity contribution in [3.05, 3.63) is 0 Å². The molecule has 0 fully saturated rings. The van der Waals surface area contributed by atoms with E-state index in [0.717, 1.165) is 0 Å². The van der Waals surface area contributed by atoms with Gasteiger partial charge in [-0.25, -0.2) is 9.59 Å². The normalized spacial score (nSPS) is 4.40. The molecule has 0 bridgehead atoms. The molecule has 0 aliphatic rings. The molecule has 0 atom stereocenters. The Morgan fingerprint density at radius 2 is 1.10 bits per heavy atom. The number of hydrogen-bond donors (Lipinski definition) is 2. The van der Waals surface area contributed by atoms with Crippen LogP contribution in [0, 0.1) is 0 Å². The van der Waals surface area contributed by atoms with E-state index in [1.54, 1.807) is 0 Å². The van der Waals surface area contributed by atoms with E-state index in [2.05, 4.69) is 0 Å². The minimum absolute atomic E-state index is 0. The second kappa shape index (κ2) is 16.5. The van der Waals surface area contributed by atoms with Crippen LogP contribution in [0.1, 0.15) is 0 Å². The summed E-state index contributed by atoms with van der Waals surface area (Å²) in [6.45, 7) is 0. The van der Waals surface area contributed by atoms with Crippen molar-refractivity contribution >= 4 is 11.9 Å². The van der Waals surface area contributed by atoms with Crippen LogP contribution >= 0.6 is 0 Å². The molecule has 4 nitrogen and oxygen atoms in total. The molecule has 2 N–H and O–H groups in total. The first-order chi connectivity index (χ1) is 2.64. The minimum Gasteiger partial charge on any atom is -0.473 e. The van der Waals surface area contributed by atoms with Crippen LogP contribution in [-0.4, -0.2) is 22.2 Å². The van der Waals surface area contributed by atoms with E-state index in [-0.39, 0.29) is 67.4 Å². The van der Waals surface area contributed by atoms with Crippen LogP contribution in [0.4, 0.5) is 0 Å². The Kier molecular flexibility index (Phi) is 50.5. The molecule has 0 aromatic rings. The molecular formula is C2H2CoFeMnNiO4. The second-order valence-corrected chi connectivity index (χ2v) is 0.610. The predicted molar refractivity (Wildman–Crippen MR) is 15.3 cm³/mol. The van der Waals surface area contributed by atoms with E-state index >= 15 is 0 Å². The van der Waals surface area contributed by atoms with Gasteiger partial charge in [-0.05, 0) is 0 Å². The first-order valence-electron chi connectivity index (χ1n) is 1.11. The van der Waals surface area contributed by atoms with Gasteiger partial charge >= 0.3 is 11.9 Å². The summed E-state index contributed by atoms with van der Waals surface area (Å²) in [6, 6.07) is 0. The molecule has 0 aromatic carbocycles. The largest absolute Gasteiger partial charge is 0.473 e. The molecular weight excluding hydrogens is 316 g/mol. The smallest absolute Gasteiger partial charge is 0.414 e. The number of carbonyl (C=O) groups is 2. The standard InChI is InChI=1S/C2H2O4.Co.Fe.Mn.Ni/c3-1(4)2(5)6;;;;/h(H,3,4)(H,5,6);;;;. The maximum absolute atomic E-state index is 9.10. The molecule has 0 saturated carbocycles. The Hall–Kier alpha value is 0.979. The third-order valence-corrected chi connectivity index (χ3v) is 0.183. The van der Waals surface area contributed by atoms with Crippen LogP contribution in [-0.2, 0) is 77.0 Å². The molecule has 10 heavy (non-hydrogen) atoms. The van der Waals surface area contributed by atoms with Crippen LogP contribution in [0.15, 0.2) is 0 Å². The van der Waals surface area contributed by atoms with Crippen LogP contribution in [0.5, 0.6) is 0 Å². The van der Waals surface area contributed by atoms with Crippen molar-refractivity contribution in [2.45, 2.75) is 0 Å². The minimum atomic E-state index is -1.82. The Morgan fingerprint density at radius 3 is 1.10 bits per heavy atom. The predicted octanol–water partition coefficient (Wildman–Crippen LogP) is -0.854. The molecule has 8 heteroatoms. The summed E-state index contributed by atoms with van der Waals surface area (Å²) in [7, 11) is 0. The van der Waals surface area contributed by atoms with Gasteiger partial charge in [0.05, 0.1) is 0 Å². The number of hydrogen-bond acceptors (Lipinski definition) is 2. The Labute approximate surface area is 98.6 Å². The Balaban J connectivity index is -0.0000000208. The summed E-state index contributed by atoms with van der Waals surface area (Å²) in [5, 5.41) is 14.8. The summed E-state index contributed by atoms with van der Waals surface area (Å²) in [5.41, 5.74) is 0. The fraction of sp³-hybridized carbons (Fsp3) is 0. The number of carboxylic acid groups (broad SMARTS) is 2. The molecule has 0 unspecified atom stereocenters. The molecule has 2 radical (unpaired) electrons. The monoisotopic (exact) mass is 318 g/mol. The number of rotatable bonds is 0. The van der Waals surface area contributed by atoms with Crippen molar-refractivity contribution in [2.75, 3.05) is 0 Å². The summed E-state index contributed by atoms with van der Waals surface area (Å²) < 4.78 is 0. The van der Waals surface area contributed by atoms with E-state index in [0.29, 0.717) is 0 Å². The molecule has 0 rings (SSSR count). The van der Waals surface area contributed by atoms with Crippen molar-refractivity contribution in [3.8, 4) is 0 Å². The average molecular weight is 318 g/mol. The van der Waals surface area contributed by atoms with E-state index < -0.39 is 11.9 Å². The van der Waals surface area contributed by atoms with Gasteiger partial charge in [0.15, 0.2) is 0 Å². The van der Waals surface area contributed by atoms with Gasteiger partial charge in [-0.1, -0.05) is 0 Å². The molecule has 0 spiro atoms. The number of aliphatic carboxylic acids is 2. The van der Waals surface area contributed by atoms with E-state index in [1.807, 2.05) is 0 Å². The SMILES string of the molecule is O=C(O)C(=O)O.[Co].[Fe].[Mn].[Ni]. The third kappa shape index (κ3) is 23.1. The summed E-state index contributed by atoms with van der Waals surface area (Å²) in [4.78, 5) is 18.2. The van der Waals surface area contributed by atoms with Crippen molar-refractivity contribution in [2.24, 2.45) is 0 Å². The van der Waals surface area contributed by atoms with Gasteiger partial charge in [-0.3, -0.25) is 0 Å². The van der Waals surface area contributed by atoms with Gasteiger partial charge in [0.1, 0.15) is 0 Å². The molecule has 0 aromatic heterocycles. The van der Waals surface area contributed by atoms with Gasteiger partial charge < -0.3 is 10.2 Å². The van der Waals surface area contributed by atoms with Gasteiger partial charge in [-0.2, -0.15) is 0 Å². The summed E-state index contributed by atoms with van der Waals surface area (Å²) >= 11 is 0. The topological polar surface area (TPSA) is 74.6 Å². The van der Waals surface area contributed by atoms with Crippen molar-refractivity contribution in [1.29, 1.82) is 0 Å². The number of carboxylic acids is 2. The zero-order valence-electron chi connectivity index (χ0n) is 4.09. The van der Waals surface area contributed by atoms with Gasteiger partial charge in [-0.15, -0.1) is 0 Å². The zero-order chi connectivity index (χ0) is 5.15. The second-order valence-electron chi connectivity index (χ2n) is 0.610. The van der Waals surface area contributed by atoms with Crippen molar-refractivity contribution in [3.63, 3.8) is 0 Å². The van der Waals surface area contributed by atoms with E-state index in [9.17, 15) is 0 Å². The van der Waals surface area contributed by atoms with Gasteiger partial charge in [0, 0.05) is 67.4 Å². The Bertz CT molecular complexity index is 89.3. The van der Waals surface area contributed by atoms with Crippen molar-refractivity contribution in [1.82, 2.24) is 0 Å². The van der Waals surface area contributed by atoms with E-state index in [4.69, 9.17) is 19.8 Å². The average Bonchev–Trinajstić information content (AvgIpc) is 1.36. The molecule has 0 amide bonds. The van der Waals surface area contributed by atoms with Crippen LogP contribution in [0.2, 0.25) is 0 Å². The van der Waals surface area contributed by atoms with Gasteiger partial charge in [0.25, 0.3) is 0 Å². The van der Waals surface area contributed by atoms with Crippen LogP contribution in [0.3, 0.4) is 0 Å². The fourth-order valence-corrected chi connectivity index (χ4v) is 0. The maximum atomic E-state index is 9.10. The molecule has 0 aliphatic heterocycles. The Morgan fingerprint density at radius 1 is 1.00 bits per heavy atom. The molecule has 0 aliphatic carbocycles. The first kappa shape index (κ1) is 30.6. The quantitative estimate of drug-likeness (QED) is 0.450. The maximum Gasteiger partial charge on any atom is 0.414 e.